The number of unbranched alkanes of at least 4 members (excludes halogenated alkanes) is 31. The van der Waals surface area contributed by atoms with Crippen LogP contribution in [0.15, 0.2) is 0 Å². The van der Waals surface area contributed by atoms with E-state index in [4.69, 9.17) is 37.0 Å². The Morgan fingerprint density at radius 3 is 0.807 bits per heavy atom. The molecule has 0 aromatic rings. The summed E-state index contributed by atoms with van der Waals surface area (Å²) in [5.74, 6) is 0.846. The fourth-order valence-electron chi connectivity index (χ4n) is 10.3. The average molecular weight is 1300 g/mol. The fourth-order valence-corrected chi connectivity index (χ4v) is 11.9. The number of hydrogen-bond acceptors (Lipinski definition) is 15. The zero-order chi connectivity index (χ0) is 65.4. The van der Waals surface area contributed by atoms with Crippen LogP contribution in [0.4, 0.5) is 0 Å². The lowest BCUT2D eigenvalue weighted by atomic mass is 9.99. The van der Waals surface area contributed by atoms with E-state index < -0.39 is 97.5 Å². The number of carbonyl (C=O) groups excluding carboxylic acids is 4. The number of esters is 4. The van der Waals surface area contributed by atoms with Crippen molar-refractivity contribution in [1.29, 1.82) is 0 Å². The van der Waals surface area contributed by atoms with Crippen molar-refractivity contribution in [3.8, 4) is 0 Å². The van der Waals surface area contributed by atoms with Crippen molar-refractivity contribution in [2.24, 2.45) is 23.7 Å². The predicted octanol–water partition coefficient (Wildman–Crippen LogP) is 19.3. The Kier molecular flexibility index (Phi) is 57.6. The Balaban J connectivity index is 5.26. The number of hydrogen-bond donors (Lipinski definition) is 3. The Bertz CT molecular complexity index is 1750. The first kappa shape index (κ1) is 86.1. The third-order valence-electron chi connectivity index (χ3n) is 16.2. The molecule has 0 aromatic heterocycles. The molecule has 0 aliphatic carbocycles. The van der Waals surface area contributed by atoms with Crippen LogP contribution >= 0.6 is 15.6 Å². The minimum atomic E-state index is -4.95. The lowest BCUT2D eigenvalue weighted by Crippen LogP contribution is -2.30. The largest absolute Gasteiger partial charge is 0.472 e. The second kappa shape index (κ2) is 58.8. The highest BCUT2D eigenvalue weighted by molar-refractivity contribution is 7.47. The van der Waals surface area contributed by atoms with Crippen molar-refractivity contribution in [3.05, 3.63) is 0 Å². The third kappa shape index (κ3) is 61.6. The van der Waals surface area contributed by atoms with Gasteiger partial charge in [-0.1, -0.05) is 287 Å². The van der Waals surface area contributed by atoms with Crippen LogP contribution in [-0.2, 0) is 65.4 Å². The van der Waals surface area contributed by atoms with Gasteiger partial charge in [-0.25, -0.2) is 9.13 Å². The molecule has 17 nitrogen and oxygen atoms in total. The van der Waals surface area contributed by atoms with E-state index in [2.05, 4.69) is 55.4 Å². The van der Waals surface area contributed by atoms with Crippen LogP contribution in [0.3, 0.4) is 0 Å². The molecule has 6 atom stereocenters. The highest BCUT2D eigenvalue weighted by atomic mass is 31.2. The summed E-state index contributed by atoms with van der Waals surface area (Å²) >= 11 is 0. The zero-order valence-corrected chi connectivity index (χ0v) is 59.1. The molecule has 0 saturated carbocycles. The second-order valence-corrected chi connectivity index (χ2v) is 29.5. The van der Waals surface area contributed by atoms with Gasteiger partial charge in [0, 0.05) is 25.7 Å². The summed E-state index contributed by atoms with van der Waals surface area (Å²) in [4.78, 5) is 72.5. The molecule has 0 rings (SSSR count). The Hall–Kier alpha value is -1.94. The minimum Gasteiger partial charge on any atom is -0.462 e. The minimum absolute atomic E-state index is 0.104. The van der Waals surface area contributed by atoms with Crippen LogP contribution in [0.1, 0.15) is 338 Å². The lowest BCUT2D eigenvalue weighted by molar-refractivity contribution is -0.161. The molecule has 0 spiro atoms. The maximum Gasteiger partial charge on any atom is 0.472 e. The first-order chi connectivity index (χ1) is 42.1. The number of ether oxygens (including phenoxy) is 4. The van der Waals surface area contributed by atoms with Gasteiger partial charge in [-0.05, 0) is 49.4 Å². The summed E-state index contributed by atoms with van der Waals surface area (Å²) < 4.78 is 68.2. The van der Waals surface area contributed by atoms with Crippen LogP contribution in [0, 0.1) is 23.7 Å². The molecule has 88 heavy (non-hydrogen) atoms. The summed E-state index contributed by atoms with van der Waals surface area (Å²) in [7, 11) is -9.90. The molecule has 0 fully saturated rings. The van der Waals surface area contributed by atoms with Gasteiger partial charge < -0.3 is 33.8 Å². The quantitative estimate of drug-likeness (QED) is 0.0222. The number of rotatable bonds is 66. The van der Waals surface area contributed by atoms with Gasteiger partial charge in [0.1, 0.15) is 19.3 Å². The first-order valence-corrected chi connectivity index (χ1v) is 38.7. The van der Waals surface area contributed by atoms with Crippen molar-refractivity contribution in [3.63, 3.8) is 0 Å². The van der Waals surface area contributed by atoms with Crippen molar-refractivity contribution < 1.29 is 80.2 Å². The van der Waals surface area contributed by atoms with Gasteiger partial charge in [-0.15, -0.1) is 0 Å². The van der Waals surface area contributed by atoms with Crippen molar-refractivity contribution in [2.45, 2.75) is 356 Å². The molecular weight excluding hydrogens is 1160 g/mol. The predicted molar refractivity (Wildman–Crippen MR) is 354 cm³/mol. The maximum absolute atomic E-state index is 13.0. The van der Waals surface area contributed by atoms with E-state index in [0.717, 1.165) is 114 Å². The van der Waals surface area contributed by atoms with Crippen LogP contribution < -0.4 is 0 Å². The molecular formula is C69H134O17P2. The molecule has 0 heterocycles. The van der Waals surface area contributed by atoms with Gasteiger partial charge in [0.2, 0.25) is 0 Å². The molecule has 522 valence electrons. The van der Waals surface area contributed by atoms with Crippen LogP contribution in [0.5, 0.6) is 0 Å². The Labute approximate surface area is 537 Å². The van der Waals surface area contributed by atoms with Gasteiger partial charge >= 0.3 is 39.5 Å². The topological polar surface area (TPSA) is 237 Å². The number of phosphoric ester groups is 2. The summed E-state index contributed by atoms with van der Waals surface area (Å²) in [6, 6.07) is 0. The summed E-state index contributed by atoms with van der Waals surface area (Å²) in [6.07, 6.45) is 40.4. The number of aliphatic hydroxyl groups excluding tert-OH is 1. The molecule has 0 aliphatic heterocycles. The van der Waals surface area contributed by atoms with Crippen molar-refractivity contribution >= 4 is 39.5 Å². The average Bonchev–Trinajstić information content (AvgIpc) is 3.55. The van der Waals surface area contributed by atoms with Gasteiger partial charge in [0.05, 0.1) is 26.4 Å². The zero-order valence-electron chi connectivity index (χ0n) is 57.3. The molecule has 0 aromatic carbocycles. The van der Waals surface area contributed by atoms with E-state index in [1.54, 1.807) is 0 Å². The van der Waals surface area contributed by atoms with Crippen molar-refractivity contribution in [2.75, 3.05) is 39.6 Å². The molecule has 3 N–H and O–H groups in total. The lowest BCUT2D eigenvalue weighted by Gasteiger charge is -2.21. The highest BCUT2D eigenvalue weighted by Crippen LogP contribution is 2.45. The maximum atomic E-state index is 13.0. The highest BCUT2D eigenvalue weighted by Gasteiger charge is 2.30. The summed E-state index contributed by atoms with van der Waals surface area (Å²) in [5.41, 5.74) is 0. The molecule has 0 saturated heterocycles. The van der Waals surface area contributed by atoms with E-state index in [-0.39, 0.29) is 25.7 Å². The Morgan fingerprint density at radius 2 is 0.545 bits per heavy atom. The van der Waals surface area contributed by atoms with Crippen LogP contribution in [0.2, 0.25) is 0 Å². The van der Waals surface area contributed by atoms with Gasteiger partial charge in [-0.2, -0.15) is 0 Å². The van der Waals surface area contributed by atoms with Gasteiger partial charge in [0.15, 0.2) is 12.2 Å². The molecule has 19 heteroatoms. The van der Waals surface area contributed by atoms with Gasteiger partial charge in [-0.3, -0.25) is 37.3 Å². The van der Waals surface area contributed by atoms with E-state index in [0.29, 0.717) is 31.6 Å². The number of aliphatic hydroxyl groups is 1. The first-order valence-electron chi connectivity index (χ1n) is 35.7. The monoisotopic (exact) mass is 1300 g/mol. The van der Waals surface area contributed by atoms with E-state index in [1.807, 2.05) is 0 Å². The summed E-state index contributed by atoms with van der Waals surface area (Å²) in [5, 5.41) is 10.6. The smallest absolute Gasteiger partial charge is 0.462 e. The SMILES string of the molecule is CCC(C)CCCCCCCCCCCCC(=O)O[C@H](COC(=O)CCCCCCCCCCCC(C)C)COP(=O)(O)OC[C@@H](O)COP(=O)(O)OC[C@@H](COC(=O)CCCCCCCCC(C)C)OC(=O)CCCCCCCCCCCCC(C)C. The third-order valence-corrected chi connectivity index (χ3v) is 18.1. The molecule has 3 unspecified atom stereocenters. The van der Waals surface area contributed by atoms with E-state index in [9.17, 15) is 43.2 Å². The van der Waals surface area contributed by atoms with Gasteiger partial charge in [0.25, 0.3) is 0 Å². The van der Waals surface area contributed by atoms with Crippen LogP contribution in [0.25, 0.3) is 0 Å². The fraction of sp³-hybridized carbons (Fsp3) is 0.942. The molecule has 0 radical (unpaired) electrons. The van der Waals surface area contributed by atoms with E-state index in [1.165, 1.54) is 135 Å². The van der Waals surface area contributed by atoms with E-state index >= 15 is 0 Å². The normalized spacial score (nSPS) is 14.6. The summed E-state index contributed by atoms with van der Waals surface area (Å²) in [6.45, 7) is 14.1. The molecule has 0 amide bonds. The standard InChI is InChI=1S/C69H134O17P2/c1-9-62(8)48-40-32-23-17-11-13-19-26-36-44-52-69(74)85-64(55-79-66(71)49-41-33-24-20-14-16-22-30-38-46-60(4)5)57-83-87(75,76)81-53-63(70)54-82-88(77,78)84-58-65(56-80-67(72)50-42-34-28-27-31-39-47-61(6)7)86-68(73)51-43-35-25-18-12-10-15-21-29-37-45-59(2)3/h59-65,70H,9-58H2,1-8H3,(H,75,76)(H,77,78)/t62?,63-,64-,65-/m1/s1. The number of phosphoric acid groups is 2. The molecule has 0 bridgehead atoms. The van der Waals surface area contributed by atoms with Crippen LogP contribution in [-0.4, -0.2) is 96.7 Å². The second-order valence-electron chi connectivity index (χ2n) is 26.6. The Morgan fingerprint density at radius 1 is 0.318 bits per heavy atom. The number of carbonyl (C=O) groups is 4. The van der Waals surface area contributed by atoms with Crippen molar-refractivity contribution in [1.82, 2.24) is 0 Å². The molecule has 0 aliphatic rings.